The predicted molar refractivity (Wildman–Crippen MR) is 84.4 cm³/mol. The van der Waals surface area contributed by atoms with Crippen molar-refractivity contribution >= 4 is 16.5 Å². The predicted octanol–water partition coefficient (Wildman–Crippen LogP) is 4.08. The lowest BCUT2D eigenvalue weighted by molar-refractivity contribution is 0.319. The van der Waals surface area contributed by atoms with E-state index in [1.54, 1.807) is 7.11 Å². The van der Waals surface area contributed by atoms with Gasteiger partial charge in [0.1, 0.15) is 11.5 Å². The minimum Gasteiger partial charge on any atom is -0.496 e. The molecule has 3 heteroatoms. The van der Waals surface area contributed by atoms with Gasteiger partial charge in [0.05, 0.1) is 7.11 Å². The van der Waals surface area contributed by atoms with Crippen molar-refractivity contribution in [1.29, 1.82) is 0 Å². The van der Waals surface area contributed by atoms with Crippen LogP contribution in [-0.4, -0.2) is 18.0 Å². The Hall–Kier alpha value is -2.81. The third-order valence-electron chi connectivity index (χ3n) is 3.51. The van der Waals surface area contributed by atoms with Crippen molar-refractivity contribution in [3.05, 3.63) is 77.9 Å². The van der Waals surface area contributed by atoms with E-state index in [1.807, 2.05) is 66.7 Å². The van der Waals surface area contributed by atoms with E-state index in [1.165, 1.54) is 0 Å². The zero-order valence-corrected chi connectivity index (χ0v) is 11.7. The topological polar surface area (TPSA) is 41.8 Å². The highest BCUT2D eigenvalue weighted by molar-refractivity contribution is 6.19. The van der Waals surface area contributed by atoms with Crippen molar-refractivity contribution < 1.29 is 9.94 Å². The van der Waals surface area contributed by atoms with Crippen molar-refractivity contribution in [2.75, 3.05) is 7.11 Å². The summed E-state index contributed by atoms with van der Waals surface area (Å²) in [4.78, 5) is 0. The Morgan fingerprint density at radius 1 is 0.857 bits per heavy atom. The zero-order valence-electron chi connectivity index (χ0n) is 11.7. The molecule has 104 valence electrons. The van der Waals surface area contributed by atoms with Crippen LogP contribution in [0.1, 0.15) is 11.1 Å². The molecule has 0 amide bonds. The van der Waals surface area contributed by atoms with Crippen molar-refractivity contribution in [2.24, 2.45) is 5.16 Å². The Morgan fingerprint density at radius 2 is 1.52 bits per heavy atom. The largest absolute Gasteiger partial charge is 0.496 e. The Bertz CT molecular complexity index is 795. The molecule has 0 spiro atoms. The number of methoxy groups -OCH3 is 1. The average molecular weight is 277 g/mol. The summed E-state index contributed by atoms with van der Waals surface area (Å²) in [6.07, 6.45) is 0. The lowest BCUT2D eigenvalue weighted by atomic mass is 9.96. The Balaban J connectivity index is 2.26. The molecular formula is C18H15NO2. The van der Waals surface area contributed by atoms with Gasteiger partial charge in [-0.15, -0.1) is 0 Å². The Morgan fingerprint density at radius 3 is 2.19 bits per heavy atom. The second-order valence-corrected chi connectivity index (χ2v) is 4.68. The number of nitrogens with zero attached hydrogens (tertiary/aromatic N) is 1. The van der Waals surface area contributed by atoms with E-state index in [2.05, 4.69) is 5.16 Å². The van der Waals surface area contributed by atoms with E-state index >= 15 is 0 Å². The molecule has 0 saturated carbocycles. The molecule has 0 aliphatic rings. The van der Waals surface area contributed by atoms with Gasteiger partial charge in [-0.1, -0.05) is 59.8 Å². The SMILES string of the molecule is COc1ccc(/C(=N\O)c2ccccc2)c2ccccc12. The molecule has 3 rings (SSSR count). The summed E-state index contributed by atoms with van der Waals surface area (Å²) >= 11 is 0. The van der Waals surface area contributed by atoms with Crippen LogP contribution in [0.3, 0.4) is 0 Å². The number of hydrogen-bond donors (Lipinski definition) is 1. The highest BCUT2D eigenvalue weighted by Gasteiger charge is 2.13. The van der Waals surface area contributed by atoms with Crippen LogP contribution in [0.5, 0.6) is 5.75 Å². The molecule has 0 bridgehead atoms. The molecule has 3 aromatic carbocycles. The molecule has 21 heavy (non-hydrogen) atoms. The quantitative estimate of drug-likeness (QED) is 0.445. The van der Waals surface area contributed by atoms with Gasteiger partial charge in [0.2, 0.25) is 0 Å². The maximum atomic E-state index is 9.48. The second-order valence-electron chi connectivity index (χ2n) is 4.68. The second kappa shape index (κ2) is 5.67. The summed E-state index contributed by atoms with van der Waals surface area (Å²) in [6.45, 7) is 0. The van der Waals surface area contributed by atoms with E-state index in [4.69, 9.17) is 4.74 Å². The van der Waals surface area contributed by atoms with Gasteiger partial charge in [-0.3, -0.25) is 0 Å². The van der Waals surface area contributed by atoms with Crippen molar-refractivity contribution in [3.63, 3.8) is 0 Å². The van der Waals surface area contributed by atoms with Crippen LogP contribution < -0.4 is 4.74 Å². The third-order valence-corrected chi connectivity index (χ3v) is 3.51. The number of oxime groups is 1. The fraction of sp³-hybridized carbons (Fsp3) is 0.0556. The molecule has 0 unspecified atom stereocenters. The summed E-state index contributed by atoms with van der Waals surface area (Å²) in [5, 5.41) is 15.0. The van der Waals surface area contributed by atoms with Crippen LogP contribution in [0.15, 0.2) is 71.9 Å². The molecule has 1 N–H and O–H groups in total. The van der Waals surface area contributed by atoms with E-state index in [-0.39, 0.29) is 0 Å². The maximum Gasteiger partial charge on any atom is 0.126 e. The average Bonchev–Trinajstić information content (AvgIpc) is 2.56. The van der Waals surface area contributed by atoms with Gasteiger partial charge < -0.3 is 9.94 Å². The smallest absolute Gasteiger partial charge is 0.126 e. The van der Waals surface area contributed by atoms with Gasteiger partial charge in [0, 0.05) is 16.5 Å². The van der Waals surface area contributed by atoms with Gasteiger partial charge in [-0.25, -0.2) is 0 Å². The Kier molecular flexibility index (Phi) is 3.56. The minimum atomic E-state index is 0.550. The zero-order chi connectivity index (χ0) is 14.7. The molecule has 3 aromatic rings. The lowest BCUT2D eigenvalue weighted by Gasteiger charge is -2.11. The molecule has 0 fully saturated rings. The molecule has 3 nitrogen and oxygen atoms in total. The summed E-state index contributed by atoms with van der Waals surface area (Å²) in [5.74, 6) is 0.805. The van der Waals surface area contributed by atoms with Crippen LogP contribution in [0, 0.1) is 0 Å². The van der Waals surface area contributed by atoms with Crippen molar-refractivity contribution in [2.45, 2.75) is 0 Å². The van der Waals surface area contributed by atoms with Gasteiger partial charge in [0.15, 0.2) is 0 Å². The van der Waals surface area contributed by atoms with Gasteiger partial charge in [0.25, 0.3) is 0 Å². The van der Waals surface area contributed by atoms with Crippen molar-refractivity contribution in [1.82, 2.24) is 0 Å². The first-order valence-corrected chi connectivity index (χ1v) is 6.68. The minimum absolute atomic E-state index is 0.550. The summed E-state index contributed by atoms with van der Waals surface area (Å²) in [5.41, 5.74) is 2.30. The Labute approximate surface area is 123 Å². The first-order valence-electron chi connectivity index (χ1n) is 6.68. The van der Waals surface area contributed by atoms with Crippen LogP contribution in [0.25, 0.3) is 10.8 Å². The fourth-order valence-electron chi connectivity index (χ4n) is 2.52. The van der Waals surface area contributed by atoms with Crippen LogP contribution in [0.4, 0.5) is 0 Å². The molecule has 0 aromatic heterocycles. The van der Waals surface area contributed by atoms with Crippen LogP contribution >= 0.6 is 0 Å². The van der Waals surface area contributed by atoms with E-state index in [9.17, 15) is 5.21 Å². The molecule has 0 saturated heterocycles. The summed E-state index contributed by atoms with van der Waals surface area (Å²) in [7, 11) is 1.65. The van der Waals surface area contributed by atoms with Gasteiger partial charge >= 0.3 is 0 Å². The molecular weight excluding hydrogens is 262 g/mol. The molecule has 0 heterocycles. The first-order chi connectivity index (χ1) is 10.3. The molecule has 0 aliphatic heterocycles. The number of benzene rings is 3. The summed E-state index contributed by atoms with van der Waals surface area (Å²) < 4.78 is 5.40. The highest BCUT2D eigenvalue weighted by atomic mass is 16.5. The van der Waals surface area contributed by atoms with E-state index < -0.39 is 0 Å². The number of hydrogen-bond acceptors (Lipinski definition) is 3. The van der Waals surface area contributed by atoms with Gasteiger partial charge in [-0.05, 0) is 17.5 Å². The number of ether oxygens (including phenoxy) is 1. The normalized spacial score (nSPS) is 11.6. The van der Waals surface area contributed by atoms with Gasteiger partial charge in [-0.2, -0.15) is 0 Å². The van der Waals surface area contributed by atoms with Crippen LogP contribution in [-0.2, 0) is 0 Å². The molecule has 0 aliphatic carbocycles. The number of rotatable bonds is 3. The molecule has 0 atom stereocenters. The standard InChI is InChI=1S/C18H15NO2/c1-21-17-12-11-16(14-9-5-6-10-15(14)17)18(19-20)13-7-3-2-4-8-13/h2-12,20H,1H3/b19-18-. The van der Waals surface area contributed by atoms with Crippen LogP contribution in [0.2, 0.25) is 0 Å². The monoisotopic (exact) mass is 277 g/mol. The summed E-state index contributed by atoms with van der Waals surface area (Å²) in [6, 6.07) is 21.4. The van der Waals surface area contributed by atoms with E-state index in [0.717, 1.165) is 27.6 Å². The third kappa shape index (κ3) is 2.34. The molecule has 0 radical (unpaired) electrons. The highest BCUT2D eigenvalue weighted by Crippen LogP contribution is 2.29. The fourth-order valence-corrected chi connectivity index (χ4v) is 2.52. The van der Waals surface area contributed by atoms with E-state index in [0.29, 0.717) is 5.71 Å². The maximum absolute atomic E-state index is 9.48. The lowest BCUT2D eigenvalue weighted by Crippen LogP contribution is -2.04. The number of fused-ring (bicyclic) bond motifs is 1. The first kappa shape index (κ1) is 13.2. The van der Waals surface area contributed by atoms with Crippen molar-refractivity contribution in [3.8, 4) is 5.75 Å².